The summed E-state index contributed by atoms with van der Waals surface area (Å²) in [6, 6.07) is 4.01. The standard InChI is InChI=1S/C8H10N3P/c1-6-5-8(12-2)10-7-3-4-9-11(6)7/h3-5,12H,1-2H3. The van der Waals surface area contributed by atoms with Crippen molar-refractivity contribution in [1.29, 1.82) is 0 Å². The van der Waals surface area contributed by atoms with Gasteiger partial charge in [0, 0.05) is 11.8 Å². The van der Waals surface area contributed by atoms with Gasteiger partial charge in [0.15, 0.2) is 5.65 Å². The number of fused-ring (bicyclic) bond motifs is 1. The Labute approximate surface area is 72.6 Å². The lowest BCUT2D eigenvalue weighted by Gasteiger charge is -2.00. The average Bonchev–Trinajstić information content (AvgIpc) is 2.52. The molecule has 4 heteroatoms. The number of aryl methyl sites for hydroxylation is 1. The van der Waals surface area contributed by atoms with Crippen LogP contribution in [-0.4, -0.2) is 21.3 Å². The van der Waals surface area contributed by atoms with E-state index in [0.29, 0.717) is 0 Å². The molecule has 0 saturated carbocycles. The quantitative estimate of drug-likeness (QED) is 0.610. The second-order valence-electron chi connectivity index (χ2n) is 2.63. The Bertz CT molecular complexity index is 408. The number of aromatic nitrogens is 3. The van der Waals surface area contributed by atoms with Crippen molar-refractivity contribution in [1.82, 2.24) is 14.6 Å². The van der Waals surface area contributed by atoms with Gasteiger partial charge in [0.1, 0.15) is 0 Å². The minimum absolute atomic E-state index is 0.750. The molecule has 2 heterocycles. The number of hydrogen-bond donors (Lipinski definition) is 0. The van der Waals surface area contributed by atoms with Crippen LogP contribution in [0.5, 0.6) is 0 Å². The third-order valence-electron chi connectivity index (χ3n) is 1.79. The Morgan fingerprint density at radius 2 is 2.33 bits per heavy atom. The first-order chi connectivity index (χ1) is 5.81. The molecule has 0 aliphatic rings. The van der Waals surface area contributed by atoms with Crippen LogP contribution >= 0.6 is 8.58 Å². The molecule has 0 saturated heterocycles. The summed E-state index contributed by atoms with van der Waals surface area (Å²) in [6.45, 7) is 4.18. The fourth-order valence-corrected chi connectivity index (χ4v) is 1.78. The van der Waals surface area contributed by atoms with Gasteiger partial charge >= 0.3 is 0 Å². The minimum Gasteiger partial charge on any atom is -0.229 e. The zero-order valence-corrected chi connectivity index (χ0v) is 8.07. The summed E-state index contributed by atoms with van der Waals surface area (Å²) in [7, 11) is 0.750. The van der Waals surface area contributed by atoms with Crippen LogP contribution < -0.4 is 5.44 Å². The molecule has 0 N–H and O–H groups in total. The van der Waals surface area contributed by atoms with E-state index in [1.807, 2.05) is 17.5 Å². The van der Waals surface area contributed by atoms with Crippen molar-refractivity contribution in [2.24, 2.45) is 0 Å². The highest BCUT2D eigenvalue weighted by molar-refractivity contribution is 7.45. The summed E-state index contributed by atoms with van der Waals surface area (Å²) in [5.41, 5.74) is 3.24. The van der Waals surface area contributed by atoms with E-state index >= 15 is 0 Å². The highest BCUT2D eigenvalue weighted by Gasteiger charge is 2.00. The molecular formula is C8H10N3P. The van der Waals surface area contributed by atoms with Crippen LogP contribution in [0.4, 0.5) is 0 Å². The van der Waals surface area contributed by atoms with Crippen LogP contribution in [0.1, 0.15) is 5.69 Å². The molecule has 3 nitrogen and oxygen atoms in total. The molecule has 1 unspecified atom stereocenters. The SMILES string of the molecule is CPc1cc(C)n2nccc2n1. The molecule has 2 aromatic heterocycles. The summed E-state index contributed by atoms with van der Waals surface area (Å²) in [6.07, 6.45) is 1.78. The van der Waals surface area contributed by atoms with Gasteiger partial charge in [-0.1, -0.05) is 8.58 Å². The normalized spacial score (nSPS) is 11.8. The molecule has 0 aliphatic carbocycles. The number of nitrogens with zero attached hydrogens (tertiary/aromatic N) is 3. The van der Waals surface area contributed by atoms with Gasteiger partial charge in [-0.25, -0.2) is 9.50 Å². The number of rotatable bonds is 1. The van der Waals surface area contributed by atoms with E-state index in [2.05, 4.69) is 22.8 Å². The highest BCUT2D eigenvalue weighted by atomic mass is 31.1. The summed E-state index contributed by atoms with van der Waals surface area (Å²) in [4.78, 5) is 4.43. The van der Waals surface area contributed by atoms with Crippen LogP contribution in [0, 0.1) is 6.92 Å². The van der Waals surface area contributed by atoms with Crippen molar-refractivity contribution >= 4 is 19.7 Å². The van der Waals surface area contributed by atoms with E-state index in [0.717, 1.165) is 25.4 Å². The monoisotopic (exact) mass is 179 g/mol. The summed E-state index contributed by atoms with van der Waals surface area (Å²) in [5.74, 6) is 0. The molecule has 2 aromatic rings. The molecule has 1 atom stereocenters. The third kappa shape index (κ3) is 1.10. The van der Waals surface area contributed by atoms with E-state index in [1.165, 1.54) is 0 Å². The topological polar surface area (TPSA) is 30.2 Å². The van der Waals surface area contributed by atoms with E-state index in [9.17, 15) is 0 Å². The molecule has 0 aliphatic heterocycles. The lowest BCUT2D eigenvalue weighted by atomic mass is 10.4. The van der Waals surface area contributed by atoms with Crippen molar-refractivity contribution in [3.8, 4) is 0 Å². The lowest BCUT2D eigenvalue weighted by Crippen LogP contribution is -2.06. The summed E-state index contributed by atoms with van der Waals surface area (Å²) >= 11 is 0. The zero-order valence-electron chi connectivity index (χ0n) is 7.07. The van der Waals surface area contributed by atoms with Crippen molar-refractivity contribution in [3.63, 3.8) is 0 Å². The summed E-state index contributed by atoms with van der Waals surface area (Å²) < 4.78 is 1.85. The Kier molecular flexibility index (Phi) is 1.81. The van der Waals surface area contributed by atoms with Crippen molar-refractivity contribution < 1.29 is 0 Å². The van der Waals surface area contributed by atoms with Crippen LogP contribution in [0.2, 0.25) is 0 Å². The lowest BCUT2D eigenvalue weighted by molar-refractivity contribution is 0.900. The predicted molar refractivity (Wildman–Crippen MR) is 51.6 cm³/mol. The van der Waals surface area contributed by atoms with Gasteiger partial charge in [-0.15, -0.1) is 0 Å². The summed E-state index contributed by atoms with van der Waals surface area (Å²) in [5, 5.41) is 4.15. The van der Waals surface area contributed by atoms with Gasteiger partial charge in [0.05, 0.1) is 11.6 Å². The maximum atomic E-state index is 4.43. The van der Waals surface area contributed by atoms with Crippen molar-refractivity contribution in [2.75, 3.05) is 6.66 Å². The Balaban J connectivity index is 2.75. The highest BCUT2D eigenvalue weighted by Crippen LogP contribution is 2.06. The fourth-order valence-electron chi connectivity index (χ4n) is 1.20. The zero-order chi connectivity index (χ0) is 8.55. The second-order valence-corrected chi connectivity index (χ2v) is 3.65. The van der Waals surface area contributed by atoms with Crippen LogP contribution in [0.3, 0.4) is 0 Å². The third-order valence-corrected chi connectivity index (χ3v) is 2.56. The van der Waals surface area contributed by atoms with Gasteiger partial charge in [-0.05, 0) is 19.7 Å². The first-order valence-corrected chi connectivity index (χ1v) is 5.30. The van der Waals surface area contributed by atoms with E-state index < -0.39 is 0 Å². The molecule has 0 fully saturated rings. The van der Waals surface area contributed by atoms with Gasteiger partial charge < -0.3 is 0 Å². The van der Waals surface area contributed by atoms with Gasteiger partial charge in [0.2, 0.25) is 0 Å². The Morgan fingerprint density at radius 3 is 3.08 bits per heavy atom. The largest absolute Gasteiger partial charge is 0.229 e. The maximum Gasteiger partial charge on any atom is 0.155 e. The molecule has 62 valence electrons. The molecular weight excluding hydrogens is 169 g/mol. The Morgan fingerprint density at radius 1 is 1.50 bits per heavy atom. The molecule has 0 spiro atoms. The number of hydrogen-bond acceptors (Lipinski definition) is 2. The van der Waals surface area contributed by atoms with Gasteiger partial charge in [0.25, 0.3) is 0 Å². The van der Waals surface area contributed by atoms with Gasteiger partial charge in [-0.2, -0.15) is 5.10 Å². The Hall–Kier alpha value is -0.950. The van der Waals surface area contributed by atoms with E-state index in [1.54, 1.807) is 6.20 Å². The molecule has 0 aromatic carbocycles. The molecule has 0 radical (unpaired) electrons. The van der Waals surface area contributed by atoms with Crippen LogP contribution in [0.15, 0.2) is 18.3 Å². The first kappa shape index (κ1) is 7.69. The van der Waals surface area contributed by atoms with Crippen LogP contribution in [-0.2, 0) is 0 Å². The van der Waals surface area contributed by atoms with Crippen molar-refractivity contribution in [2.45, 2.75) is 6.92 Å². The second kappa shape index (κ2) is 2.83. The first-order valence-electron chi connectivity index (χ1n) is 3.80. The van der Waals surface area contributed by atoms with Crippen molar-refractivity contribution in [3.05, 3.63) is 24.0 Å². The molecule has 2 rings (SSSR count). The smallest absolute Gasteiger partial charge is 0.155 e. The molecule has 0 bridgehead atoms. The van der Waals surface area contributed by atoms with Crippen LogP contribution in [0.25, 0.3) is 5.65 Å². The fraction of sp³-hybridized carbons (Fsp3) is 0.250. The predicted octanol–water partition coefficient (Wildman–Crippen LogP) is 0.971. The average molecular weight is 179 g/mol. The maximum absolute atomic E-state index is 4.43. The van der Waals surface area contributed by atoms with E-state index in [4.69, 9.17) is 0 Å². The molecule has 0 amide bonds. The van der Waals surface area contributed by atoms with E-state index in [-0.39, 0.29) is 0 Å². The van der Waals surface area contributed by atoms with Gasteiger partial charge in [-0.3, -0.25) is 0 Å². The molecule has 12 heavy (non-hydrogen) atoms. The minimum atomic E-state index is 0.750.